The Labute approximate surface area is 86.5 Å². The third-order valence-corrected chi connectivity index (χ3v) is 2.41. The van der Waals surface area contributed by atoms with Gasteiger partial charge in [0.1, 0.15) is 6.07 Å². The van der Waals surface area contributed by atoms with Gasteiger partial charge in [0.2, 0.25) is 0 Å². The normalized spacial score (nSPS) is 9.93. The Morgan fingerprint density at radius 2 is 2.29 bits per heavy atom. The van der Waals surface area contributed by atoms with Gasteiger partial charge in [-0.1, -0.05) is 0 Å². The molecule has 1 heterocycles. The van der Waals surface area contributed by atoms with E-state index in [9.17, 15) is 13.6 Å². The van der Waals surface area contributed by atoms with Gasteiger partial charge < -0.3 is 0 Å². The van der Waals surface area contributed by atoms with Crippen LogP contribution in [0.4, 0.5) is 8.78 Å². The van der Waals surface area contributed by atoms with Crippen molar-refractivity contribution in [2.24, 2.45) is 0 Å². The smallest absolute Gasteiger partial charge is 0.267 e. The Balaban J connectivity index is 3.48. The van der Waals surface area contributed by atoms with Gasteiger partial charge in [-0.2, -0.15) is 5.26 Å². The number of pyridine rings is 1. The molecule has 0 fully saturated rings. The summed E-state index contributed by atoms with van der Waals surface area (Å²) in [6.07, 6.45) is -1.38. The average Bonchev–Trinajstić information content (AvgIpc) is 2.16. The number of hydrogen-bond acceptors (Lipinski definition) is 3. The predicted octanol–water partition coefficient (Wildman–Crippen LogP) is 2.47. The second-order valence-electron chi connectivity index (χ2n) is 2.32. The van der Waals surface area contributed by atoms with Crippen LogP contribution in [0.25, 0.3) is 0 Å². The van der Waals surface area contributed by atoms with Gasteiger partial charge in [0, 0.05) is 16.2 Å². The summed E-state index contributed by atoms with van der Waals surface area (Å²) in [5.74, 6) is 0. The number of rotatable bonds is 2. The second kappa shape index (κ2) is 4.24. The van der Waals surface area contributed by atoms with E-state index in [2.05, 4.69) is 20.9 Å². The monoisotopic (exact) mass is 260 g/mol. The van der Waals surface area contributed by atoms with Crippen LogP contribution in [0.5, 0.6) is 0 Å². The highest BCUT2D eigenvalue weighted by atomic mass is 79.9. The highest BCUT2D eigenvalue weighted by molar-refractivity contribution is 9.10. The lowest BCUT2D eigenvalue weighted by Gasteiger charge is -2.05. The summed E-state index contributed by atoms with van der Waals surface area (Å²) in [4.78, 5) is 13.9. The maximum atomic E-state index is 12.5. The number of nitrogens with zero attached hydrogens (tertiary/aromatic N) is 2. The quantitative estimate of drug-likeness (QED) is 0.768. The van der Waals surface area contributed by atoms with Crippen LogP contribution < -0.4 is 0 Å². The Kier molecular flexibility index (Phi) is 3.25. The third kappa shape index (κ3) is 1.77. The molecule has 0 aliphatic rings. The zero-order valence-corrected chi connectivity index (χ0v) is 8.25. The summed E-state index contributed by atoms with van der Waals surface area (Å²) >= 11 is 2.83. The Morgan fingerprint density at radius 1 is 1.64 bits per heavy atom. The van der Waals surface area contributed by atoms with Crippen LogP contribution in [0.15, 0.2) is 10.7 Å². The molecule has 0 unspecified atom stereocenters. The van der Waals surface area contributed by atoms with E-state index in [0.717, 1.165) is 6.20 Å². The number of carbonyl (C=O) groups is 1. The first-order valence-corrected chi connectivity index (χ1v) is 4.23. The van der Waals surface area contributed by atoms with Crippen molar-refractivity contribution in [3.63, 3.8) is 0 Å². The highest BCUT2D eigenvalue weighted by Gasteiger charge is 2.20. The fraction of sp³-hybridized carbons (Fsp3) is 0.125. The molecule has 0 bridgehead atoms. The minimum absolute atomic E-state index is 0.000648. The van der Waals surface area contributed by atoms with Crippen molar-refractivity contribution < 1.29 is 13.6 Å². The number of nitriles is 1. The summed E-state index contributed by atoms with van der Waals surface area (Å²) in [6, 6.07) is 1.53. The van der Waals surface area contributed by atoms with Crippen LogP contribution in [-0.4, -0.2) is 11.3 Å². The van der Waals surface area contributed by atoms with E-state index in [-0.39, 0.29) is 15.7 Å². The molecule has 0 atom stereocenters. The van der Waals surface area contributed by atoms with Gasteiger partial charge in [-0.25, -0.2) is 13.8 Å². The number of aldehydes is 1. The standard InChI is InChI=1S/C8H3BrF2N2O/c9-7-4(3-14)2-13-5(1-12)6(7)8(10)11/h2-3,8H. The van der Waals surface area contributed by atoms with Gasteiger partial charge in [0.15, 0.2) is 12.0 Å². The summed E-state index contributed by atoms with van der Waals surface area (Å²) in [7, 11) is 0. The van der Waals surface area contributed by atoms with Crippen molar-refractivity contribution >= 4 is 22.2 Å². The van der Waals surface area contributed by atoms with E-state index >= 15 is 0 Å². The van der Waals surface area contributed by atoms with Crippen molar-refractivity contribution in [2.75, 3.05) is 0 Å². The molecule has 0 spiro atoms. The lowest BCUT2D eigenvalue weighted by Crippen LogP contribution is -1.99. The van der Waals surface area contributed by atoms with Crippen LogP contribution in [-0.2, 0) is 0 Å². The predicted molar refractivity (Wildman–Crippen MR) is 47.0 cm³/mol. The first-order valence-electron chi connectivity index (χ1n) is 3.43. The van der Waals surface area contributed by atoms with Gasteiger partial charge in [-0.3, -0.25) is 4.79 Å². The largest absolute Gasteiger partial charge is 0.298 e. The zero-order valence-electron chi connectivity index (χ0n) is 6.67. The topological polar surface area (TPSA) is 53.8 Å². The third-order valence-electron chi connectivity index (χ3n) is 1.53. The molecule has 0 aliphatic carbocycles. The van der Waals surface area contributed by atoms with Crippen LogP contribution in [0.2, 0.25) is 0 Å². The summed E-state index contributed by atoms with van der Waals surface area (Å²) in [6.45, 7) is 0. The molecule has 1 rings (SSSR count). The molecule has 14 heavy (non-hydrogen) atoms. The second-order valence-corrected chi connectivity index (χ2v) is 3.11. The molecule has 0 saturated heterocycles. The first kappa shape index (κ1) is 10.7. The highest BCUT2D eigenvalue weighted by Crippen LogP contribution is 2.31. The van der Waals surface area contributed by atoms with Gasteiger partial charge in [0.05, 0.1) is 5.56 Å². The van der Waals surface area contributed by atoms with Crippen LogP contribution >= 0.6 is 15.9 Å². The molecular weight excluding hydrogens is 258 g/mol. The minimum atomic E-state index is -2.84. The molecule has 72 valence electrons. The maximum absolute atomic E-state index is 12.5. The molecule has 3 nitrogen and oxygen atoms in total. The summed E-state index contributed by atoms with van der Waals surface area (Å²) < 4.78 is 24.8. The fourth-order valence-corrected chi connectivity index (χ4v) is 1.45. The summed E-state index contributed by atoms with van der Waals surface area (Å²) in [5, 5.41) is 8.50. The molecule has 0 saturated carbocycles. The van der Waals surface area contributed by atoms with Gasteiger partial charge in [0.25, 0.3) is 6.43 Å². The Bertz CT molecular complexity index is 415. The number of halogens is 3. The molecular formula is C8H3BrF2N2O. The van der Waals surface area contributed by atoms with Crippen molar-refractivity contribution in [3.05, 3.63) is 27.5 Å². The molecule has 0 aromatic carbocycles. The van der Waals surface area contributed by atoms with E-state index in [0.29, 0.717) is 6.29 Å². The molecule has 1 aromatic rings. The number of hydrogen-bond donors (Lipinski definition) is 0. The van der Waals surface area contributed by atoms with E-state index in [4.69, 9.17) is 5.26 Å². The van der Waals surface area contributed by atoms with Gasteiger partial charge >= 0.3 is 0 Å². The average molecular weight is 261 g/mol. The molecule has 0 amide bonds. The first-order chi connectivity index (χ1) is 6.61. The Morgan fingerprint density at radius 3 is 2.71 bits per heavy atom. The maximum Gasteiger partial charge on any atom is 0.267 e. The molecule has 0 radical (unpaired) electrons. The molecule has 0 aliphatic heterocycles. The van der Waals surface area contributed by atoms with Crippen molar-refractivity contribution in [1.82, 2.24) is 4.98 Å². The van der Waals surface area contributed by atoms with E-state index in [1.165, 1.54) is 6.07 Å². The number of alkyl halides is 2. The Hall–Kier alpha value is -1.35. The van der Waals surface area contributed by atoms with E-state index in [1.807, 2.05) is 0 Å². The van der Waals surface area contributed by atoms with E-state index < -0.39 is 12.0 Å². The fourth-order valence-electron chi connectivity index (χ4n) is 0.890. The lowest BCUT2D eigenvalue weighted by atomic mass is 10.1. The lowest BCUT2D eigenvalue weighted by molar-refractivity contribution is 0.112. The molecule has 0 N–H and O–H groups in total. The number of aromatic nitrogens is 1. The molecule has 6 heteroatoms. The van der Waals surface area contributed by atoms with E-state index in [1.54, 1.807) is 0 Å². The van der Waals surface area contributed by atoms with Crippen LogP contribution in [0.1, 0.15) is 28.0 Å². The van der Waals surface area contributed by atoms with Crippen LogP contribution in [0, 0.1) is 11.3 Å². The minimum Gasteiger partial charge on any atom is -0.298 e. The number of carbonyl (C=O) groups excluding carboxylic acids is 1. The van der Waals surface area contributed by atoms with Crippen molar-refractivity contribution in [1.29, 1.82) is 5.26 Å². The van der Waals surface area contributed by atoms with Crippen molar-refractivity contribution in [2.45, 2.75) is 6.43 Å². The summed E-state index contributed by atoms with van der Waals surface area (Å²) in [5.41, 5.74) is -0.922. The van der Waals surface area contributed by atoms with Crippen LogP contribution in [0.3, 0.4) is 0 Å². The zero-order chi connectivity index (χ0) is 10.7. The van der Waals surface area contributed by atoms with Crippen molar-refractivity contribution in [3.8, 4) is 6.07 Å². The van der Waals surface area contributed by atoms with Gasteiger partial charge in [-0.15, -0.1) is 0 Å². The molecule has 1 aromatic heterocycles. The SMILES string of the molecule is N#Cc1ncc(C=O)c(Br)c1C(F)F. The van der Waals surface area contributed by atoms with Gasteiger partial charge in [-0.05, 0) is 15.9 Å².